The predicted octanol–water partition coefficient (Wildman–Crippen LogP) is 4.56. The molecule has 2 rings (SSSR count). The summed E-state index contributed by atoms with van der Waals surface area (Å²) in [4.78, 5) is 12.6. The highest BCUT2D eigenvalue weighted by Crippen LogP contribution is 2.21. The SMILES string of the molecule is CCCCC(C)Oc1ccc(C(CN)NC(=O)C(C)c2ccccc2)cc1. The van der Waals surface area contributed by atoms with Gasteiger partial charge in [0, 0.05) is 6.54 Å². The fourth-order valence-corrected chi connectivity index (χ4v) is 3.03. The zero-order valence-electron chi connectivity index (χ0n) is 16.7. The van der Waals surface area contributed by atoms with E-state index in [9.17, 15) is 4.79 Å². The summed E-state index contributed by atoms with van der Waals surface area (Å²) in [5.41, 5.74) is 7.90. The van der Waals surface area contributed by atoms with Crippen LogP contribution >= 0.6 is 0 Å². The molecule has 146 valence electrons. The third kappa shape index (κ3) is 6.40. The Morgan fingerprint density at radius 3 is 2.30 bits per heavy atom. The van der Waals surface area contributed by atoms with E-state index < -0.39 is 0 Å². The van der Waals surface area contributed by atoms with Crippen LogP contribution in [0.1, 0.15) is 63.1 Å². The molecular weight excluding hydrogens is 336 g/mol. The zero-order chi connectivity index (χ0) is 19.6. The van der Waals surface area contributed by atoms with Crippen LogP contribution in [0.2, 0.25) is 0 Å². The second-order valence-electron chi connectivity index (χ2n) is 7.07. The molecule has 2 aromatic carbocycles. The predicted molar refractivity (Wildman–Crippen MR) is 111 cm³/mol. The highest BCUT2D eigenvalue weighted by atomic mass is 16.5. The minimum atomic E-state index is -0.220. The molecule has 3 unspecified atom stereocenters. The summed E-state index contributed by atoms with van der Waals surface area (Å²) in [6.45, 7) is 6.53. The number of nitrogens with one attached hydrogen (secondary N) is 1. The van der Waals surface area contributed by atoms with Crippen molar-refractivity contribution in [3.05, 3.63) is 65.7 Å². The fourth-order valence-electron chi connectivity index (χ4n) is 3.03. The lowest BCUT2D eigenvalue weighted by Crippen LogP contribution is -2.35. The number of carbonyl (C=O) groups excluding carboxylic acids is 1. The van der Waals surface area contributed by atoms with Crippen LogP contribution in [-0.4, -0.2) is 18.6 Å². The molecule has 0 heterocycles. The summed E-state index contributed by atoms with van der Waals surface area (Å²) in [7, 11) is 0. The number of hydrogen-bond donors (Lipinski definition) is 2. The molecule has 0 fully saturated rings. The van der Waals surface area contributed by atoms with Gasteiger partial charge in [-0.2, -0.15) is 0 Å². The quantitative estimate of drug-likeness (QED) is 0.646. The molecule has 0 saturated heterocycles. The third-order valence-electron chi connectivity index (χ3n) is 4.83. The van der Waals surface area contributed by atoms with Crippen molar-refractivity contribution in [1.82, 2.24) is 5.32 Å². The molecule has 1 amide bonds. The summed E-state index contributed by atoms with van der Waals surface area (Å²) >= 11 is 0. The Hall–Kier alpha value is -2.33. The molecule has 0 saturated carbocycles. The molecule has 0 radical (unpaired) electrons. The molecule has 0 aliphatic rings. The number of unbranched alkanes of at least 4 members (excludes halogenated alkanes) is 1. The van der Waals surface area contributed by atoms with Gasteiger partial charge in [-0.1, -0.05) is 62.2 Å². The van der Waals surface area contributed by atoms with Gasteiger partial charge in [-0.25, -0.2) is 0 Å². The van der Waals surface area contributed by atoms with E-state index in [1.807, 2.05) is 61.5 Å². The van der Waals surface area contributed by atoms with Crippen LogP contribution < -0.4 is 15.8 Å². The largest absolute Gasteiger partial charge is 0.491 e. The Morgan fingerprint density at radius 1 is 1.04 bits per heavy atom. The van der Waals surface area contributed by atoms with Crippen molar-refractivity contribution in [3.8, 4) is 5.75 Å². The van der Waals surface area contributed by atoms with E-state index >= 15 is 0 Å². The van der Waals surface area contributed by atoms with Gasteiger partial charge in [-0.15, -0.1) is 0 Å². The average Bonchev–Trinajstić information content (AvgIpc) is 2.71. The molecule has 0 aromatic heterocycles. The Bertz CT molecular complexity index is 685. The maximum atomic E-state index is 12.6. The lowest BCUT2D eigenvalue weighted by Gasteiger charge is -2.21. The second-order valence-corrected chi connectivity index (χ2v) is 7.07. The minimum absolute atomic E-state index is 0.0230. The maximum Gasteiger partial charge on any atom is 0.227 e. The number of ether oxygens (including phenoxy) is 1. The first-order valence-electron chi connectivity index (χ1n) is 9.87. The smallest absolute Gasteiger partial charge is 0.227 e. The van der Waals surface area contributed by atoms with E-state index in [-0.39, 0.29) is 24.0 Å². The van der Waals surface area contributed by atoms with Crippen molar-refractivity contribution in [1.29, 1.82) is 0 Å². The van der Waals surface area contributed by atoms with E-state index in [1.165, 1.54) is 12.8 Å². The molecule has 3 N–H and O–H groups in total. The van der Waals surface area contributed by atoms with Gasteiger partial charge in [0.2, 0.25) is 5.91 Å². The Balaban J connectivity index is 1.97. The van der Waals surface area contributed by atoms with Gasteiger partial charge in [-0.05, 0) is 43.5 Å². The number of benzene rings is 2. The van der Waals surface area contributed by atoms with Gasteiger partial charge >= 0.3 is 0 Å². The molecule has 0 spiro atoms. The van der Waals surface area contributed by atoms with Gasteiger partial charge in [-0.3, -0.25) is 4.79 Å². The molecule has 4 heteroatoms. The Labute approximate surface area is 163 Å². The number of carbonyl (C=O) groups is 1. The van der Waals surface area contributed by atoms with Crippen LogP contribution in [0, 0.1) is 0 Å². The van der Waals surface area contributed by atoms with Gasteiger partial charge in [0.25, 0.3) is 0 Å². The summed E-state index contributed by atoms with van der Waals surface area (Å²) in [5.74, 6) is 0.606. The van der Waals surface area contributed by atoms with E-state index in [4.69, 9.17) is 10.5 Å². The lowest BCUT2D eigenvalue weighted by molar-refractivity contribution is -0.122. The van der Waals surface area contributed by atoms with Crippen molar-refractivity contribution >= 4 is 5.91 Å². The molecular formula is C23H32N2O2. The number of nitrogens with two attached hydrogens (primary N) is 1. The van der Waals surface area contributed by atoms with E-state index in [2.05, 4.69) is 19.2 Å². The zero-order valence-corrected chi connectivity index (χ0v) is 16.7. The molecule has 4 nitrogen and oxygen atoms in total. The minimum Gasteiger partial charge on any atom is -0.491 e. The Morgan fingerprint density at radius 2 is 1.70 bits per heavy atom. The summed E-state index contributed by atoms with van der Waals surface area (Å²) < 4.78 is 5.94. The van der Waals surface area contributed by atoms with Crippen LogP contribution in [0.5, 0.6) is 5.75 Å². The summed E-state index contributed by atoms with van der Waals surface area (Å²) in [6.07, 6.45) is 3.59. The van der Waals surface area contributed by atoms with Crippen LogP contribution in [0.4, 0.5) is 0 Å². The normalized spacial score (nSPS) is 14.2. The summed E-state index contributed by atoms with van der Waals surface area (Å²) in [5, 5.41) is 3.06. The first-order chi connectivity index (χ1) is 13.0. The van der Waals surface area contributed by atoms with E-state index in [1.54, 1.807) is 0 Å². The van der Waals surface area contributed by atoms with Gasteiger partial charge in [0.05, 0.1) is 18.1 Å². The van der Waals surface area contributed by atoms with Crippen LogP contribution in [-0.2, 0) is 4.79 Å². The molecule has 0 aliphatic carbocycles. The van der Waals surface area contributed by atoms with Crippen molar-refractivity contribution in [2.75, 3.05) is 6.54 Å². The van der Waals surface area contributed by atoms with Crippen LogP contribution in [0.15, 0.2) is 54.6 Å². The molecule has 0 bridgehead atoms. The van der Waals surface area contributed by atoms with E-state index in [0.717, 1.165) is 23.3 Å². The van der Waals surface area contributed by atoms with Crippen LogP contribution in [0.3, 0.4) is 0 Å². The highest BCUT2D eigenvalue weighted by molar-refractivity contribution is 5.83. The summed E-state index contributed by atoms with van der Waals surface area (Å²) in [6, 6.07) is 17.4. The number of hydrogen-bond acceptors (Lipinski definition) is 3. The van der Waals surface area contributed by atoms with E-state index in [0.29, 0.717) is 6.54 Å². The van der Waals surface area contributed by atoms with Gasteiger partial charge in [0.15, 0.2) is 0 Å². The van der Waals surface area contributed by atoms with Crippen molar-refractivity contribution in [3.63, 3.8) is 0 Å². The topological polar surface area (TPSA) is 64.3 Å². The number of rotatable bonds is 10. The molecule has 0 aliphatic heterocycles. The molecule has 2 aromatic rings. The van der Waals surface area contributed by atoms with Crippen molar-refractivity contribution in [2.45, 2.75) is 58.1 Å². The highest BCUT2D eigenvalue weighted by Gasteiger charge is 2.19. The van der Waals surface area contributed by atoms with Crippen molar-refractivity contribution < 1.29 is 9.53 Å². The standard InChI is InChI=1S/C23H32N2O2/c1-4-5-9-17(2)27-21-14-12-20(13-15-21)22(16-24)25-23(26)18(3)19-10-7-6-8-11-19/h6-8,10-15,17-18,22H,4-5,9,16,24H2,1-3H3,(H,25,26). The first kappa shape index (κ1) is 21.0. The lowest BCUT2D eigenvalue weighted by atomic mass is 9.99. The average molecular weight is 369 g/mol. The van der Waals surface area contributed by atoms with Crippen molar-refractivity contribution in [2.24, 2.45) is 5.73 Å². The second kappa shape index (κ2) is 10.7. The van der Waals surface area contributed by atoms with Gasteiger partial charge < -0.3 is 15.8 Å². The number of amides is 1. The molecule has 27 heavy (non-hydrogen) atoms. The van der Waals surface area contributed by atoms with Crippen LogP contribution in [0.25, 0.3) is 0 Å². The third-order valence-corrected chi connectivity index (χ3v) is 4.83. The Kier molecular flexibility index (Phi) is 8.34. The molecule has 3 atom stereocenters. The maximum absolute atomic E-state index is 12.6. The monoisotopic (exact) mass is 368 g/mol. The fraction of sp³-hybridized carbons (Fsp3) is 0.435. The first-order valence-corrected chi connectivity index (χ1v) is 9.87. The van der Waals surface area contributed by atoms with Gasteiger partial charge in [0.1, 0.15) is 5.75 Å².